The number of fused-ring (bicyclic) bond motifs is 5. The van der Waals surface area contributed by atoms with E-state index in [4.69, 9.17) is 119 Å². The van der Waals surface area contributed by atoms with Crippen molar-refractivity contribution in [2.24, 2.45) is 0 Å². The Bertz CT molecular complexity index is 6680. The van der Waals surface area contributed by atoms with E-state index in [2.05, 4.69) is 54.8 Å². The van der Waals surface area contributed by atoms with Gasteiger partial charge in [0.2, 0.25) is 11.9 Å². The second kappa shape index (κ2) is 38.2. The lowest BCUT2D eigenvalue weighted by Gasteiger charge is -2.27. The standard InChI is InChI=1S/C68H82ClN22O36P5/c1-27-30-8-6-28(69)16-33(30)80-32-9-7-29(17-31(27)32)112-14-4-2-3-5-15-113-128(102,103)114-19-35-52(49(97)64(123-35)91-26-79-43-57(91)84-66(74)86-59(43)99)126-131(108,109)116-21-37-51(47(95)62(121-37)88-13-11-40(71)82-68(88)101)125-130(106,107)118-22-38-53(48(96)63(122-38)89-24-77-41-54(72)75-23-76-55(41)89)127-132(110,111)117-20-36-50(46(94)61(120-36)87-12-10-39(70)81-67(87)100)124-129(104,105)115-18-34-44(92)45(93)60(119-34)90-25-78-42-56(90)83-65(73)85-58(42)98/h6-13,16-17,23-26,34-38,44-53,60-64,92-97H,2-5,14-15,18-22H2,1H3,(H,102,103)(H,104,105)(H,106,107)(H,108,109)(H,110,111)(H2,70,81,100)(H2,71,82,101)(H2,72,75,76)(H3,73,83,85,98)(H3,74,84,86,99)/t34-,35-,36-,37-,38-,44-,45-,46-,47-,48-,49-,50-,51-,52-,53-,60-,61-,62-,63-,64-/m1/s1. The summed E-state index contributed by atoms with van der Waals surface area (Å²) < 4.78 is 164. The Labute approximate surface area is 740 Å². The minimum atomic E-state index is -5.97. The van der Waals surface area contributed by atoms with Crippen molar-refractivity contribution < 1.29 is 152 Å². The van der Waals surface area contributed by atoms with Crippen molar-refractivity contribution >= 4 is 135 Å². The van der Waals surface area contributed by atoms with Gasteiger partial charge in [-0.2, -0.15) is 19.9 Å². The normalized spacial score (nSPS) is 28.6. The molecule has 16 rings (SSSR count). The van der Waals surface area contributed by atoms with Gasteiger partial charge in [-0.3, -0.25) is 87.6 Å². The van der Waals surface area contributed by atoms with E-state index in [0.717, 1.165) is 90.9 Å². The summed E-state index contributed by atoms with van der Waals surface area (Å²) in [4.78, 5) is 153. The molecule has 712 valence electrons. The minimum absolute atomic E-state index is 0.0994. The average molecular weight is 1970 g/mol. The number of aliphatic hydroxyl groups excluding tert-OH is 6. The molecule has 0 spiro atoms. The summed E-state index contributed by atoms with van der Waals surface area (Å²) in [5.74, 6) is -1.09. The Hall–Kier alpha value is -9.68. The lowest BCUT2D eigenvalue weighted by Crippen LogP contribution is -2.39. The monoisotopic (exact) mass is 1970 g/mol. The molecular formula is C68H82ClN22O36P5. The number of nitrogen functional groups attached to an aromatic ring is 5. The smallest absolute Gasteiger partial charge is 0.472 e. The zero-order valence-corrected chi connectivity index (χ0v) is 73.0. The fraction of sp³-hybridized carbons (Fsp3) is 0.471. The van der Waals surface area contributed by atoms with Gasteiger partial charge in [0.15, 0.2) is 64.9 Å². The molecule has 5 aliphatic rings. The second-order valence-electron chi connectivity index (χ2n) is 30.3. The van der Waals surface area contributed by atoms with Crippen LogP contribution in [0.2, 0.25) is 5.02 Å². The van der Waals surface area contributed by atoms with E-state index in [1.165, 1.54) is 0 Å². The number of aliphatic hydroxyl groups is 6. The average Bonchev–Trinajstić information content (AvgIpc) is 1.56. The maximum Gasteiger partial charge on any atom is 0.472 e. The summed E-state index contributed by atoms with van der Waals surface area (Å²) in [7, 11) is -28.5. The number of anilines is 5. The van der Waals surface area contributed by atoms with Crippen LogP contribution in [0.25, 0.3) is 55.3 Å². The fourth-order valence-electron chi connectivity index (χ4n) is 15.2. The topological polar surface area (TPSA) is 839 Å². The molecule has 5 fully saturated rings. The molecule has 11 aromatic rings. The van der Waals surface area contributed by atoms with Crippen LogP contribution in [-0.4, -0.2) is 276 Å². The molecule has 9 aromatic heterocycles. The minimum Gasteiger partial charge on any atom is -0.494 e. The number of pyridine rings is 1. The number of rotatable bonds is 37. The lowest BCUT2D eigenvalue weighted by atomic mass is 10.0. The van der Waals surface area contributed by atoms with Crippen LogP contribution >= 0.6 is 50.7 Å². The molecule has 64 heteroatoms. The molecule has 14 heterocycles. The number of imidazole rings is 3. The zero-order valence-electron chi connectivity index (χ0n) is 67.7. The quantitative estimate of drug-likeness (QED) is 0.0121. The summed E-state index contributed by atoms with van der Waals surface area (Å²) in [6.45, 7) is -4.34. The molecule has 5 aliphatic heterocycles. The first-order valence-corrected chi connectivity index (χ1v) is 47.2. The molecule has 5 saturated heterocycles. The maximum absolute atomic E-state index is 14.5. The van der Waals surface area contributed by atoms with Gasteiger partial charge in [-0.15, -0.1) is 0 Å². The number of hydrogen-bond donors (Lipinski definition) is 18. The van der Waals surface area contributed by atoms with E-state index < -0.39 is 223 Å². The van der Waals surface area contributed by atoms with Crippen molar-refractivity contribution in [3.8, 4) is 5.75 Å². The number of aryl methyl sites for hydroxylation is 1. The van der Waals surface area contributed by atoms with Crippen molar-refractivity contribution in [2.45, 2.75) is 155 Å². The third-order valence-corrected chi connectivity index (χ3v) is 26.7. The van der Waals surface area contributed by atoms with Crippen LogP contribution in [0.1, 0.15) is 62.4 Å². The number of aromatic nitrogens is 17. The van der Waals surface area contributed by atoms with Crippen LogP contribution in [0.5, 0.6) is 5.75 Å². The van der Waals surface area contributed by atoms with E-state index in [1.54, 1.807) is 18.2 Å². The molecule has 0 amide bonds. The van der Waals surface area contributed by atoms with Gasteiger partial charge in [-0.05, 0) is 74.2 Å². The molecule has 5 unspecified atom stereocenters. The Kier molecular flexibility index (Phi) is 27.7. The number of unbranched alkanes of at least 4 members (excludes halogenated alkanes) is 3. The van der Waals surface area contributed by atoms with Crippen LogP contribution in [0, 0.1) is 6.92 Å². The van der Waals surface area contributed by atoms with Gasteiger partial charge in [0.05, 0.1) is 76.3 Å². The summed E-state index contributed by atoms with van der Waals surface area (Å²) in [6.07, 6.45) is -33.4. The highest BCUT2D eigenvalue weighted by Crippen LogP contribution is 2.56. The van der Waals surface area contributed by atoms with E-state index in [0.29, 0.717) is 45.8 Å². The number of hydrogen-bond acceptors (Lipinski definition) is 46. The number of phosphoric ester groups is 5. The highest BCUT2D eigenvalue weighted by molar-refractivity contribution is 7.48. The number of benzene rings is 2. The molecule has 25 atom stereocenters. The van der Waals surface area contributed by atoms with Gasteiger partial charge in [-0.25, -0.2) is 62.3 Å². The Morgan fingerprint density at radius 1 is 0.417 bits per heavy atom. The van der Waals surface area contributed by atoms with Gasteiger partial charge in [0.25, 0.3) is 11.1 Å². The summed E-state index contributed by atoms with van der Waals surface area (Å²) in [5, 5.41) is 72.3. The zero-order chi connectivity index (χ0) is 94.1. The number of nitrogens with two attached hydrogens (primary N) is 5. The van der Waals surface area contributed by atoms with Gasteiger partial charge >= 0.3 is 50.5 Å². The summed E-state index contributed by atoms with van der Waals surface area (Å²) in [5.41, 5.74) is 26.1. The second-order valence-corrected chi connectivity index (χ2v) is 37.8. The van der Waals surface area contributed by atoms with E-state index in [-0.39, 0.29) is 69.9 Å². The Morgan fingerprint density at radius 2 is 0.826 bits per heavy atom. The van der Waals surface area contributed by atoms with Crippen LogP contribution in [0.3, 0.4) is 0 Å². The van der Waals surface area contributed by atoms with Gasteiger partial charge < -0.3 is 112 Å². The number of nitrogens with one attached hydrogen (secondary N) is 2. The van der Waals surface area contributed by atoms with Gasteiger partial charge in [0.1, 0.15) is 121 Å². The van der Waals surface area contributed by atoms with Crippen molar-refractivity contribution in [1.29, 1.82) is 0 Å². The van der Waals surface area contributed by atoms with E-state index in [9.17, 15) is 97.1 Å². The van der Waals surface area contributed by atoms with Gasteiger partial charge in [0, 0.05) is 28.2 Å². The molecule has 2 aromatic carbocycles. The number of nitrogens with zero attached hydrogens (tertiary/aromatic N) is 15. The number of halogens is 1. The maximum atomic E-state index is 14.5. The number of ether oxygens (including phenoxy) is 6. The molecule has 58 nitrogen and oxygen atoms in total. The predicted octanol–water partition coefficient (Wildman–Crippen LogP) is -1.39. The molecule has 0 saturated carbocycles. The first kappa shape index (κ1) is 95.5. The molecule has 132 heavy (non-hydrogen) atoms. The third-order valence-electron chi connectivity index (χ3n) is 21.5. The molecule has 0 radical (unpaired) electrons. The third kappa shape index (κ3) is 20.5. The number of phosphoric acid groups is 5. The molecular weight excluding hydrogens is 1890 g/mol. The Balaban J connectivity index is 0.588. The number of H-pyrrole nitrogens is 2. The fourth-order valence-corrected chi connectivity index (χ4v) is 20.0. The van der Waals surface area contributed by atoms with Gasteiger partial charge in [-0.1, -0.05) is 24.1 Å². The van der Waals surface area contributed by atoms with E-state index >= 15 is 0 Å². The summed E-state index contributed by atoms with van der Waals surface area (Å²) in [6, 6.07) is 13.1. The van der Waals surface area contributed by atoms with Crippen LogP contribution < -0.4 is 55.9 Å². The first-order valence-electron chi connectivity index (χ1n) is 39.4. The van der Waals surface area contributed by atoms with Crippen molar-refractivity contribution in [3.05, 3.63) is 138 Å². The van der Waals surface area contributed by atoms with Crippen molar-refractivity contribution in [3.63, 3.8) is 0 Å². The van der Waals surface area contributed by atoms with Crippen molar-refractivity contribution in [1.82, 2.24) is 82.6 Å². The first-order chi connectivity index (χ1) is 62.6. The van der Waals surface area contributed by atoms with Crippen LogP contribution in [-0.2, 0) is 91.7 Å². The number of aromatic amines is 2. The van der Waals surface area contributed by atoms with Crippen LogP contribution in [0.4, 0.5) is 29.4 Å². The lowest BCUT2D eigenvalue weighted by molar-refractivity contribution is -0.0654. The molecule has 23 N–H and O–H groups in total. The largest absolute Gasteiger partial charge is 0.494 e. The van der Waals surface area contributed by atoms with Crippen molar-refractivity contribution in [2.75, 3.05) is 74.9 Å². The Morgan fingerprint density at radius 3 is 1.29 bits per heavy atom. The van der Waals surface area contributed by atoms with Crippen LogP contribution in [0.15, 0.2) is 105 Å². The molecule has 0 bridgehead atoms. The highest BCUT2D eigenvalue weighted by Gasteiger charge is 2.57. The molecule has 0 aliphatic carbocycles. The predicted molar refractivity (Wildman–Crippen MR) is 444 cm³/mol. The summed E-state index contributed by atoms with van der Waals surface area (Å²) >= 11 is 6.21. The SMILES string of the molecule is Cc1c2ccc(Cl)cc2nc2ccc(OCCCCCCOP(=O)(O)OC[C@H]3O[C@@H](n4cnc5c(=O)[nH]c(N)nc54)[C@H](O)[C@@H]3OP(=O)(O)OC[C@H]3O[C@@H](n4ccc(N)nc4=O)[C@H](O)[C@@H]3OP(=O)(O)OC[C@H]3O[C@@H](n4cnc5c(N)ncnc54)[C@H](O)[C@@H]3OP(=O)(O)OC[C@H]3O[C@@H](n4ccc(N)nc4=O)[C@H](O)[C@@H]3OP(=O)(O)OC[C@H]3O[C@@H](n4cnc5c(=O)[nH]c(N)nc54)[C@H](O)[C@@H]3O)cc12. The highest BCUT2D eigenvalue weighted by atomic mass is 35.5. The van der Waals surface area contributed by atoms with E-state index in [1.807, 2.05) is 25.1 Å².